The number of amides is 1. The summed E-state index contributed by atoms with van der Waals surface area (Å²) < 4.78 is 0. The highest BCUT2D eigenvalue weighted by atomic mass is 16.2. The first-order valence-corrected chi connectivity index (χ1v) is 13.2. The van der Waals surface area contributed by atoms with E-state index in [9.17, 15) is 4.79 Å². The van der Waals surface area contributed by atoms with Gasteiger partial charge in [0.05, 0.1) is 24.0 Å². The maximum atomic E-state index is 12.1. The third-order valence-corrected chi connectivity index (χ3v) is 5.51. The van der Waals surface area contributed by atoms with Crippen LogP contribution in [0.4, 0.5) is 0 Å². The first-order valence-electron chi connectivity index (χ1n) is 13.2. The fraction of sp³-hybridized carbons (Fsp3) is 0.419. The van der Waals surface area contributed by atoms with Gasteiger partial charge in [0.25, 0.3) is 5.91 Å². The van der Waals surface area contributed by atoms with Crippen molar-refractivity contribution in [2.75, 3.05) is 13.6 Å². The second-order valence-electron chi connectivity index (χ2n) is 8.36. The van der Waals surface area contributed by atoms with E-state index in [1.807, 2.05) is 62.6 Å². The van der Waals surface area contributed by atoms with Gasteiger partial charge in [-0.1, -0.05) is 94.4 Å². The number of carbonyl (C=O) groups excluding carboxylic acids is 1. The summed E-state index contributed by atoms with van der Waals surface area (Å²) in [5, 5.41) is 19.1. The summed E-state index contributed by atoms with van der Waals surface area (Å²) in [5.74, 6) is -0.159. The van der Waals surface area contributed by atoms with Gasteiger partial charge in [-0.15, -0.1) is 0 Å². The van der Waals surface area contributed by atoms with Crippen LogP contribution in [0, 0.1) is 16.7 Å². The van der Waals surface area contributed by atoms with Gasteiger partial charge in [-0.3, -0.25) is 20.1 Å². The lowest BCUT2D eigenvalue weighted by Gasteiger charge is -2.30. The minimum Gasteiger partial charge on any atom is -0.320 e. The molecule has 1 unspecified atom stereocenters. The third kappa shape index (κ3) is 16.7. The van der Waals surface area contributed by atoms with Crippen LogP contribution in [0.3, 0.4) is 0 Å². The number of aromatic nitrogens is 1. The van der Waals surface area contributed by atoms with Crippen LogP contribution in [0.15, 0.2) is 85.7 Å². The van der Waals surface area contributed by atoms with E-state index in [0.29, 0.717) is 0 Å². The van der Waals surface area contributed by atoms with Crippen molar-refractivity contribution in [2.24, 2.45) is 0 Å². The summed E-state index contributed by atoms with van der Waals surface area (Å²) >= 11 is 0. The minimum atomic E-state index is -0.114. The van der Waals surface area contributed by atoms with E-state index in [-0.39, 0.29) is 17.9 Å². The van der Waals surface area contributed by atoms with Crippen molar-refractivity contribution in [3.63, 3.8) is 0 Å². The summed E-state index contributed by atoms with van der Waals surface area (Å²) in [4.78, 5) is 17.7. The maximum absolute atomic E-state index is 12.1. The maximum Gasteiger partial charge on any atom is 0.251 e. The Bertz CT molecular complexity index is 888. The van der Waals surface area contributed by atoms with Crippen LogP contribution in [-0.2, 0) is 4.79 Å². The quantitative estimate of drug-likeness (QED) is 0.149. The molecule has 0 bridgehead atoms. The summed E-state index contributed by atoms with van der Waals surface area (Å²) in [7, 11) is 1.96. The van der Waals surface area contributed by atoms with Crippen LogP contribution in [0.5, 0.6) is 0 Å². The van der Waals surface area contributed by atoms with Crippen molar-refractivity contribution < 1.29 is 4.79 Å². The highest BCUT2D eigenvalue weighted by Crippen LogP contribution is 2.22. The molecule has 1 saturated carbocycles. The number of nitriles is 1. The second kappa shape index (κ2) is 24.1. The molecule has 2 rings (SSSR count). The SMILES string of the molecule is C=C/C=C/C=C\C=C\C=C\C(=O)N(C=N)C1CCCCC1.CCC(C#N)c1ccccn1.CCCNC. The lowest BCUT2D eigenvalue weighted by atomic mass is 9.94. The normalized spacial score (nSPS) is 14.4. The minimum absolute atomic E-state index is 0.0452. The average Bonchev–Trinajstić information content (AvgIpc) is 2.94. The molecule has 0 aromatic carbocycles. The highest BCUT2D eigenvalue weighted by Gasteiger charge is 2.22. The Morgan fingerprint density at radius 3 is 2.27 bits per heavy atom. The topological polar surface area (TPSA) is 92.9 Å². The van der Waals surface area contributed by atoms with Crippen molar-refractivity contribution in [3.05, 3.63) is 91.4 Å². The van der Waals surface area contributed by atoms with Crippen LogP contribution in [0.2, 0.25) is 0 Å². The van der Waals surface area contributed by atoms with Gasteiger partial charge in [0.1, 0.15) is 0 Å². The number of hydrogen-bond donors (Lipinski definition) is 2. The largest absolute Gasteiger partial charge is 0.320 e. The van der Waals surface area contributed by atoms with Gasteiger partial charge in [0.2, 0.25) is 0 Å². The average molecular weight is 504 g/mol. The molecular weight excluding hydrogens is 458 g/mol. The third-order valence-electron chi connectivity index (χ3n) is 5.51. The van der Waals surface area contributed by atoms with Gasteiger partial charge >= 0.3 is 0 Å². The summed E-state index contributed by atoms with van der Waals surface area (Å²) in [6.07, 6.45) is 26.6. The fourth-order valence-electron chi connectivity index (χ4n) is 3.53. The molecule has 1 aliphatic carbocycles. The van der Waals surface area contributed by atoms with Gasteiger partial charge in [0.15, 0.2) is 0 Å². The van der Waals surface area contributed by atoms with Crippen molar-refractivity contribution >= 4 is 12.2 Å². The Labute approximate surface area is 224 Å². The van der Waals surface area contributed by atoms with Crippen LogP contribution < -0.4 is 5.32 Å². The number of nitrogens with zero attached hydrogens (tertiary/aromatic N) is 3. The molecule has 1 atom stereocenters. The van der Waals surface area contributed by atoms with Crippen molar-refractivity contribution in [1.29, 1.82) is 10.7 Å². The molecule has 1 aromatic heterocycles. The van der Waals surface area contributed by atoms with Gasteiger partial charge in [-0.25, -0.2) is 0 Å². The smallest absolute Gasteiger partial charge is 0.251 e. The molecule has 6 nitrogen and oxygen atoms in total. The zero-order chi connectivity index (χ0) is 27.6. The molecule has 6 heteroatoms. The van der Waals surface area contributed by atoms with Gasteiger partial charge < -0.3 is 5.32 Å². The predicted molar refractivity (Wildman–Crippen MR) is 156 cm³/mol. The number of hydrogen-bond acceptors (Lipinski definition) is 5. The zero-order valence-electron chi connectivity index (χ0n) is 22.9. The molecule has 1 heterocycles. The fourth-order valence-corrected chi connectivity index (χ4v) is 3.53. The Kier molecular flexibility index (Phi) is 21.8. The van der Waals surface area contributed by atoms with E-state index < -0.39 is 0 Å². The molecule has 0 aliphatic heterocycles. The first kappa shape index (κ1) is 33.4. The number of nitrogens with one attached hydrogen (secondary N) is 2. The molecule has 200 valence electrons. The van der Waals surface area contributed by atoms with Crippen LogP contribution >= 0.6 is 0 Å². The number of rotatable bonds is 11. The molecule has 37 heavy (non-hydrogen) atoms. The van der Waals surface area contributed by atoms with E-state index in [1.54, 1.807) is 29.3 Å². The van der Waals surface area contributed by atoms with Gasteiger partial charge in [0, 0.05) is 18.3 Å². The van der Waals surface area contributed by atoms with Crippen LogP contribution in [0.25, 0.3) is 0 Å². The standard InChI is InChI=1S/C18H24N2O.C9H10N2.C4H11N/c1-2-3-4-5-6-7-8-12-15-18(21)20(16-19)17-13-10-9-11-14-17;1-2-8(7-10)9-5-3-4-6-11-9;1-3-4-5-2/h2-8,12,15-17,19H,1,9-11,13-14H2;3-6,8H,2H2,1H3;5H,3-4H2,1-2H3/b4-3+,6-5-,8-7+,15-12+,19-16?;;. The molecule has 1 fully saturated rings. The Morgan fingerprint density at radius 1 is 1.16 bits per heavy atom. The van der Waals surface area contributed by atoms with E-state index in [2.05, 4.69) is 29.9 Å². The van der Waals surface area contributed by atoms with E-state index in [0.717, 1.165) is 50.7 Å². The molecule has 1 amide bonds. The molecular formula is C31H45N5O. The Balaban J connectivity index is 0.000000670. The van der Waals surface area contributed by atoms with Crippen molar-refractivity contribution in [3.8, 4) is 6.07 Å². The molecule has 0 saturated heterocycles. The number of pyridine rings is 1. The molecule has 1 aromatic rings. The number of allylic oxidation sites excluding steroid dienone is 8. The lowest BCUT2D eigenvalue weighted by Crippen LogP contribution is -2.39. The molecule has 1 aliphatic rings. The van der Waals surface area contributed by atoms with Gasteiger partial charge in [-0.2, -0.15) is 5.26 Å². The zero-order valence-corrected chi connectivity index (χ0v) is 22.9. The van der Waals surface area contributed by atoms with Crippen LogP contribution in [0.1, 0.15) is 70.4 Å². The van der Waals surface area contributed by atoms with Crippen LogP contribution in [-0.4, -0.2) is 41.8 Å². The van der Waals surface area contributed by atoms with Gasteiger partial charge in [-0.05, 0) is 51.4 Å². The summed E-state index contributed by atoms with van der Waals surface area (Å²) in [6, 6.07) is 8.05. The van der Waals surface area contributed by atoms with Crippen molar-refractivity contribution in [2.45, 2.75) is 70.8 Å². The molecule has 0 spiro atoms. The predicted octanol–water partition coefficient (Wildman–Crippen LogP) is 6.88. The first-order chi connectivity index (χ1) is 18.1. The molecule has 0 radical (unpaired) electrons. The van der Waals surface area contributed by atoms with E-state index in [1.165, 1.54) is 18.9 Å². The van der Waals surface area contributed by atoms with E-state index >= 15 is 0 Å². The number of carbonyl (C=O) groups is 1. The van der Waals surface area contributed by atoms with Crippen molar-refractivity contribution in [1.82, 2.24) is 15.2 Å². The summed E-state index contributed by atoms with van der Waals surface area (Å²) in [6.45, 7) is 8.86. The Morgan fingerprint density at radius 2 is 1.81 bits per heavy atom. The second-order valence-corrected chi connectivity index (χ2v) is 8.36. The Hall–Kier alpha value is -3.56. The highest BCUT2D eigenvalue weighted by molar-refractivity contribution is 5.95. The molecule has 2 N–H and O–H groups in total. The monoisotopic (exact) mass is 503 g/mol. The lowest BCUT2D eigenvalue weighted by molar-refractivity contribution is -0.124. The summed E-state index contributed by atoms with van der Waals surface area (Å²) in [5.41, 5.74) is 0.873. The van der Waals surface area contributed by atoms with E-state index in [4.69, 9.17) is 10.7 Å².